The smallest absolute Gasteiger partial charge is 0.268 e. The molecule has 66 valence electrons. The first-order valence-corrected chi connectivity index (χ1v) is 4.41. The molecular weight excluding hydrogens is 209 g/mol. The number of rotatable bonds is 1. The third-order valence-corrected chi connectivity index (χ3v) is 2.34. The lowest BCUT2D eigenvalue weighted by atomic mass is 10.2. The fraction of sp³-hybridized carbons (Fsp3) is 0. The zero-order valence-corrected chi connectivity index (χ0v) is 7.99. The monoisotopic (exact) mass is 213 g/mol. The van der Waals surface area contributed by atoms with Crippen molar-refractivity contribution in [3.8, 4) is 0 Å². The van der Waals surface area contributed by atoms with Crippen LogP contribution in [-0.4, -0.2) is 10.2 Å². The largest absolute Gasteiger partial charge is 0.350 e. The van der Waals surface area contributed by atoms with Crippen LogP contribution in [0.5, 0.6) is 0 Å². The molecule has 4 heteroatoms. The second kappa shape index (κ2) is 3.05. The number of carbonyl (C=O) groups excluding carboxylic acids is 1. The van der Waals surface area contributed by atoms with Gasteiger partial charge in [-0.1, -0.05) is 23.7 Å². The van der Waals surface area contributed by atoms with E-state index >= 15 is 0 Å². The summed E-state index contributed by atoms with van der Waals surface area (Å²) < 4.78 is 0. The maximum absolute atomic E-state index is 10.8. The normalized spacial score (nSPS) is 10.6. The van der Waals surface area contributed by atoms with Crippen molar-refractivity contribution >= 4 is 39.3 Å². The number of fused-ring (bicyclic) bond motifs is 1. The van der Waals surface area contributed by atoms with Gasteiger partial charge in [-0.05, 0) is 23.7 Å². The van der Waals surface area contributed by atoms with Crippen LogP contribution in [-0.2, 0) is 0 Å². The van der Waals surface area contributed by atoms with Gasteiger partial charge in [0.15, 0.2) is 0 Å². The fourth-order valence-corrected chi connectivity index (χ4v) is 1.56. The molecule has 0 atom stereocenters. The Balaban J connectivity index is 2.75. The molecule has 1 N–H and O–H groups in total. The molecule has 0 fully saturated rings. The van der Waals surface area contributed by atoms with E-state index in [0.29, 0.717) is 10.7 Å². The van der Waals surface area contributed by atoms with Crippen molar-refractivity contribution in [3.05, 3.63) is 35.0 Å². The molecule has 0 saturated carbocycles. The first-order chi connectivity index (χ1) is 6.18. The molecule has 0 radical (unpaired) electrons. The first-order valence-electron chi connectivity index (χ1n) is 3.65. The maximum atomic E-state index is 10.8. The Hall–Kier alpha value is -0.990. The predicted octanol–water partition coefficient (Wildman–Crippen LogP) is 3.20. The van der Waals surface area contributed by atoms with E-state index in [1.165, 1.54) is 0 Å². The van der Waals surface area contributed by atoms with Crippen LogP contribution in [0, 0.1) is 0 Å². The van der Waals surface area contributed by atoms with Gasteiger partial charge in [0, 0.05) is 5.39 Å². The molecule has 1 heterocycles. The summed E-state index contributed by atoms with van der Waals surface area (Å²) in [4.78, 5) is 13.7. The third kappa shape index (κ3) is 1.43. The van der Waals surface area contributed by atoms with Crippen molar-refractivity contribution in [2.45, 2.75) is 0 Å². The molecule has 0 unspecified atom stereocenters. The summed E-state index contributed by atoms with van der Waals surface area (Å²) in [6.45, 7) is 0. The Morgan fingerprint density at radius 2 is 2.15 bits per heavy atom. The van der Waals surface area contributed by atoms with Crippen molar-refractivity contribution in [1.29, 1.82) is 0 Å². The summed E-state index contributed by atoms with van der Waals surface area (Å²) in [5.74, 6) is 0. The average molecular weight is 214 g/mol. The molecule has 13 heavy (non-hydrogen) atoms. The van der Waals surface area contributed by atoms with E-state index in [9.17, 15) is 4.79 Å². The summed E-state index contributed by atoms with van der Waals surface area (Å²) in [5.41, 5.74) is 1.11. The third-order valence-electron chi connectivity index (χ3n) is 1.82. The molecule has 1 aromatic heterocycles. The molecule has 0 aliphatic rings. The standard InChI is InChI=1S/C9H5Cl2NO/c10-6-3-1-2-5-4-7(9(11)13)12-8(5)6/h1-4,12H. The van der Waals surface area contributed by atoms with Crippen LogP contribution in [0.25, 0.3) is 10.9 Å². The van der Waals surface area contributed by atoms with Crippen molar-refractivity contribution < 1.29 is 4.79 Å². The SMILES string of the molecule is O=C(Cl)c1cc2cccc(Cl)c2[nH]1. The van der Waals surface area contributed by atoms with Gasteiger partial charge in [0.25, 0.3) is 5.24 Å². The molecule has 0 bridgehead atoms. The molecule has 1 aromatic carbocycles. The molecule has 0 saturated heterocycles. The van der Waals surface area contributed by atoms with Crippen molar-refractivity contribution in [2.24, 2.45) is 0 Å². The molecule has 0 spiro atoms. The Bertz CT molecular complexity index is 475. The van der Waals surface area contributed by atoms with Gasteiger partial charge in [-0.15, -0.1) is 0 Å². The number of benzene rings is 1. The van der Waals surface area contributed by atoms with E-state index in [1.807, 2.05) is 12.1 Å². The minimum Gasteiger partial charge on any atom is -0.350 e. The van der Waals surface area contributed by atoms with Crippen molar-refractivity contribution in [2.75, 3.05) is 0 Å². The molecule has 0 amide bonds. The highest BCUT2D eigenvalue weighted by Crippen LogP contribution is 2.23. The number of halogens is 2. The van der Waals surface area contributed by atoms with Crippen LogP contribution in [0.2, 0.25) is 5.02 Å². The summed E-state index contributed by atoms with van der Waals surface area (Å²) in [6, 6.07) is 7.11. The van der Waals surface area contributed by atoms with Crippen LogP contribution >= 0.6 is 23.2 Å². The van der Waals surface area contributed by atoms with E-state index in [2.05, 4.69) is 4.98 Å². The predicted molar refractivity (Wildman–Crippen MR) is 53.5 cm³/mol. The van der Waals surface area contributed by atoms with E-state index in [1.54, 1.807) is 12.1 Å². The molecular formula is C9H5Cl2NO. The highest BCUT2D eigenvalue weighted by Gasteiger charge is 2.07. The lowest BCUT2D eigenvalue weighted by Crippen LogP contribution is -1.86. The van der Waals surface area contributed by atoms with Crippen LogP contribution in [0.15, 0.2) is 24.3 Å². The topological polar surface area (TPSA) is 32.9 Å². The Morgan fingerprint density at radius 1 is 1.38 bits per heavy atom. The van der Waals surface area contributed by atoms with Gasteiger partial charge in [0.1, 0.15) is 0 Å². The molecule has 0 aliphatic carbocycles. The number of hydrogen-bond acceptors (Lipinski definition) is 1. The Kier molecular flexibility index (Phi) is 2.02. The molecule has 0 aliphatic heterocycles. The van der Waals surface area contributed by atoms with Gasteiger partial charge in [0.2, 0.25) is 0 Å². The number of aromatic amines is 1. The van der Waals surface area contributed by atoms with E-state index in [-0.39, 0.29) is 0 Å². The van der Waals surface area contributed by atoms with E-state index in [4.69, 9.17) is 23.2 Å². The van der Waals surface area contributed by atoms with Crippen molar-refractivity contribution in [3.63, 3.8) is 0 Å². The Labute approximate surface area is 84.5 Å². The van der Waals surface area contributed by atoms with Gasteiger partial charge in [-0.3, -0.25) is 4.79 Å². The number of nitrogens with one attached hydrogen (secondary N) is 1. The van der Waals surface area contributed by atoms with Crippen LogP contribution < -0.4 is 0 Å². The number of hydrogen-bond donors (Lipinski definition) is 1. The quantitative estimate of drug-likeness (QED) is 0.726. The van der Waals surface area contributed by atoms with Crippen molar-refractivity contribution in [1.82, 2.24) is 4.98 Å². The number of carbonyl (C=O) groups is 1. The minimum absolute atomic E-state index is 0.366. The van der Waals surface area contributed by atoms with E-state index < -0.39 is 5.24 Å². The lowest BCUT2D eigenvalue weighted by Gasteiger charge is -1.90. The van der Waals surface area contributed by atoms with Gasteiger partial charge >= 0.3 is 0 Å². The highest BCUT2D eigenvalue weighted by atomic mass is 35.5. The maximum Gasteiger partial charge on any atom is 0.268 e. The summed E-state index contributed by atoms with van der Waals surface area (Å²) >= 11 is 11.2. The summed E-state index contributed by atoms with van der Waals surface area (Å²) in [5, 5.41) is 0.963. The highest BCUT2D eigenvalue weighted by molar-refractivity contribution is 6.67. The van der Waals surface area contributed by atoms with Gasteiger partial charge in [-0.25, -0.2) is 0 Å². The van der Waals surface area contributed by atoms with Crippen LogP contribution in [0.4, 0.5) is 0 Å². The summed E-state index contributed by atoms with van der Waals surface area (Å²) in [7, 11) is 0. The molecule has 2 aromatic rings. The van der Waals surface area contributed by atoms with Crippen LogP contribution in [0.1, 0.15) is 10.5 Å². The molecule has 2 nitrogen and oxygen atoms in total. The Morgan fingerprint density at radius 3 is 2.77 bits per heavy atom. The minimum atomic E-state index is -0.507. The van der Waals surface area contributed by atoms with Gasteiger partial charge < -0.3 is 4.98 Å². The number of H-pyrrole nitrogens is 1. The number of para-hydroxylation sites is 1. The molecule has 2 rings (SSSR count). The second-order valence-corrected chi connectivity index (χ2v) is 3.41. The lowest BCUT2D eigenvalue weighted by molar-refractivity contribution is 0.107. The van der Waals surface area contributed by atoms with Gasteiger partial charge in [-0.2, -0.15) is 0 Å². The van der Waals surface area contributed by atoms with Crippen LogP contribution in [0.3, 0.4) is 0 Å². The first kappa shape index (κ1) is 8.60. The fourth-order valence-electron chi connectivity index (χ4n) is 1.23. The van der Waals surface area contributed by atoms with E-state index in [0.717, 1.165) is 10.9 Å². The summed E-state index contributed by atoms with van der Waals surface area (Å²) in [6.07, 6.45) is 0. The zero-order chi connectivity index (χ0) is 9.42. The zero-order valence-electron chi connectivity index (χ0n) is 6.47. The average Bonchev–Trinajstić information content (AvgIpc) is 2.49. The van der Waals surface area contributed by atoms with Gasteiger partial charge in [0.05, 0.1) is 16.2 Å². The number of aromatic nitrogens is 1. The second-order valence-electron chi connectivity index (χ2n) is 2.66.